The van der Waals surface area contributed by atoms with Crippen molar-refractivity contribution in [3.8, 4) is 11.3 Å². The molecule has 130 valence electrons. The SMILES string of the molecule is Cc1nc(-c2cccc(NC(=O)CSc3ncnc4ccsc34)c2)cs1. The highest BCUT2D eigenvalue weighted by Crippen LogP contribution is 2.29. The molecule has 8 heteroatoms. The molecule has 0 aliphatic carbocycles. The summed E-state index contributed by atoms with van der Waals surface area (Å²) in [6, 6.07) is 9.70. The molecular weight excluding hydrogens is 384 g/mol. The number of aryl methyl sites for hydroxylation is 1. The highest BCUT2D eigenvalue weighted by atomic mass is 32.2. The second kappa shape index (κ2) is 7.53. The summed E-state index contributed by atoms with van der Waals surface area (Å²) in [5, 5.41) is 8.81. The highest BCUT2D eigenvalue weighted by Gasteiger charge is 2.10. The van der Waals surface area contributed by atoms with Crippen molar-refractivity contribution in [1.29, 1.82) is 0 Å². The quantitative estimate of drug-likeness (QED) is 0.384. The number of rotatable bonds is 5. The average molecular weight is 399 g/mol. The van der Waals surface area contributed by atoms with E-state index in [4.69, 9.17) is 0 Å². The second-order valence-corrected chi connectivity index (χ2v) is 8.43. The molecule has 1 amide bonds. The minimum Gasteiger partial charge on any atom is -0.325 e. The zero-order chi connectivity index (χ0) is 17.9. The van der Waals surface area contributed by atoms with E-state index in [9.17, 15) is 4.79 Å². The summed E-state index contributed by atoms with van der Waals surface area (Å²) < 4.78 is 1.02. The number of aromatic nitrogens is 3. The van der Waals surface area contributed by atoms with Crippen LogP contribution in [0, 0.1) is 6.92 Å². The van der Waals surface area contributed by atoms with E-state index in [-0.39, 0.29) is 5.91 Å². The van der Waals surface area contributed by atoms with E-state index in [2.05, 4.69) is 20.3 Å². The smallest absolute Gasteiger partial charge is 0.234 e. The topological polar surface area (TPSA) is 67.8 Å². The zero-order valence-electron chi connectivity index (χ0n) is 13.8. The molecule has 0 bridgehead atoms. The van der Waals surface area contributed by atoms with Crippen molar-refractivity contribution in [3.63, 3.8) is 0 Å². The van der Waals surface area contributed by atoms with Crippen molar-refractivity contribution in [3.05, 3.63) is 52.4 Å². The van der Waals surface area contributed by atoms with Gasteiger partial charge in [0.15, 0.2) is 0 Å². The Balaban J connectivity index is 1.43. The van der Waals surface area contributed by atoms with Crippen LogP contribution < -0.4 is 5.32 Å². The Labute approximate surface area is 162 Å². The van der Waals surface area contributed by atoms with Crippen molar-refractivity contribution < 1.29 is 4.79 Å². The predicted octanol–water partition coefficient (Wildman–Crippen LogP) is 4.85. The molecular formula is C18H14N4OS3. The summed E-state index contributed by atoms with van der Waals surface area (Å²) in [6.45, 7) is 1.98. The lowest BCUT2D eigenvalue weighted by Crippen LogP contribution is -2.14. The van der Waals surface area contributed by atoms with Crippen molar-refractivity contribution in [2.45, 2.75) is 11.9 Å². The molecule has 1 aromatic carbocycles. The number of carbonyl (C=O) groups excluding carboxylic acids is 1. The Kier molecular flexibility index (Phi) is 4.96. The molecule has 0 aliphatic rings. The third kappa shape index (κ3) is 3.77. The van der Waals surface area contributed by atoms with Crippen molar-refractivity contribution in [2.75, 3.05) is 11.1 Å². The van der Waals surface area contributed by atoms with Gasteiger partial charge in [-0.15, -0.1) is 22.7 Å². The van der Waals surface area contributed by atoms with E-state index in [1.165, 1.54) is 18.1 Å². The molecule has 3 aromatic heterocycles. The average Bonchev–Trinajstić information content (AvgIpc) is 3.29. The fourth-order valence-corrected chi connectivity index (χ4v) is 4.82. The van der Waals surface area contributed by atoms with Gasteiger partial charge in [0.25, 0.3) is 0 Å². The second-order valence-electron chi connectivity index (χ2n) is 5.48. The van der Waals surface area contributed by atoms with Crippen molar-refractivity contribution in [2.24, 2.45) is 0 Å². The first-order chi connectivity index (χ1) is 12.7. The molecule has 0 radical (unpaired) electrons. The molecule has 0 spiro atoms. The number of thiophene rings is 1. The van der Waals surface area contributed by atoms with Gasteiger partial charge in [-0.1, -0.05) is 23.9 Å². The third-order valence-electron chi connectivity index (χ3n) is 3.61. The van der Waals surface area contributed by atoms with Gasteiger partial charge in [0, 0.05) is 16.6 Å². The summed E-state index contributed by atoms with van der Waals surface area (Å²) in [6.07, 6.45) is 1.54. The van der Waals surface area contributed by atoms with Gasteiger partial charge in [0.1, 0.15) is 11.4 Å². The number of benzene rings is 1. The van der Waals surface area contributed by atoms with E-state index < -0.39 is 0 Å². The number of nitrogens with one attached hydrogen (secondary N) is 1. The number of nitrogens with zero attached hydrogens (tertiary/aromatic N) is 3. The van der Waals surface area contributed by atoms with Crippen LogP contribution in [0.25, 0.3) is 21.5 Å². The van der Waals surface area contributed by atoms with Gasteiger partial charge in [0.2, 0.25) is 5.91 Å². The van der Waals surface area contributed by atoms with Gasteiger partial charge < -0.3 is 5.32 Å². The molecule has 5 nitrogen and oxygen atoms in total. The molecule has 0 saturated carbocycles. The Bertz CT molecular complexity index is 1070. The Hall–Kier alpha value is -2.29. The number of fused-ring (bicyclic) bond motifs is 1. The van der Waals surface area contributed by atoms with E-state index in [0.29, 0.717) is 5.75 Å². The molecule has 26 heavy (non-hydrogen) atoms. The molecule has 4 aromatic rings. The van der Waals surface area contributed by atoms with Crippen LogP contribution in [-0.4, -0.2) is 26.6 Å². The predicted molar refractivity (Wildman–Crippen MR) is 109 cm³/mol. The van der Waals surface area contributed by atoms with Crippen LogP contribution in [0.3, 0.4) is 0 Å². The zero-order valence-corrected chi connectivity index (χ0v) is 16.3. The van der Waals surface area contributed by atoms with Crippen LogP contribution in [0.2, 0.25) is 0 Å². The largest absolute Gasteiger partial charge is 0.325 e. The third-order valence-corrected chi connectivity index (χ3v) is 6.41. The van der Waals surface area contributed by atoms with Crippen LogP contribution in [0.5, 0.6) is 0 Å². The normalized spacial score (nSPS) is 11.0. The van der Waals surface area contributed by atoms with Gasteiger partial charge in [-0.25, -0.2) is 15.0 Å². The van der Waals surface area contributed by atoms with Gasteiger partial charge in [0.05, 0.1) is 26.7 Å². The number of hydrogen-bond donors (Lipinski definition) is 1. The monoisotopic (exact) mass is 398 g/mol. The highest BCUT2D eigenvalue weighted by molar-refractivity contribution is 8.00. The van der Waals surface area contributed by atoms with Crippen LogP contribution >= 0.6 is 34.4 Å². The first kappa shape index (κ1) is 17.1. The van der Waals surface area contributed by atoms with Crippen LogP contribution in [0.15, 0.2) is 52.4 Å². The summed E-state index contributed by atoms with van der Waals surface area (Å²) >= 11 is 4.62. The van der Waals surface area contributed by atoms with Gasteiger partial charge >= 0.3 is 0 Å². The molecule has 0 fully saturated rings. The van der Waals surface area contributed by atoms with E-state index in [1.807, 2.05) is 48.0 Å². The van der Waals surface area contributed by atoms with Crippen LogP contribution in [-0.2, 0) is 4.79 Å². The number of carbonyl (C=O) groups is 1. The summed E-state index contributed by atoms with van der Waals surface area (Å²) in [5.41, 5.74) is 3.61. The Morgan fingerprint density at radius 2 is 2.15 bits per heavy atom. The molecule has 0 unspecified atom stereocenters. The number of hydrogen-bond acceptors (Lipinski definition) is 7. The number of thiazole rings is 1. The van der Waals surface area contributed by atoms with Crippen molar-refractivity contribution >= 4 is 56.2 Å². The van der Waals surface area contributed by atoms with E-state index in [0.717, 1.165) is 37.2 Å². The number of anilines is 1. The molecule has 3 heterocycles. The van der Waals surface area contributed by atoms with Gasteiger partial charge in [-0.3, -0.25) is 4.79 Å². The molecule has 4 rings (SSSR count). The Morgan fingerprint density at radius 1 is 1.23 bits per heavy atom. The van der Waals surface area contributed by atoms with Crippen LogP contribution in [0.4, 0.5) is 5.69 Å². The molecule has 0 aliphatic heterocycles. The summed E-state index contributed by atoms with van der Waals surface area (Å²) in [7, 11) is 0. The molecule has 1 N–H and O–H groups in total. The lowest BCUT2D eigenvalue weighted by Gasteiger charge is -2.07. The number of thioether (sulfide) groups is 1. The van der Waals surface area contributed by atoms with Gasteiger partial charge in [-0.2, -0.15) is 0 Å². The first-order valence-corrected chi connectivity index (χ1v) is 10.6. The molecule has 0 saturated heterocycles. The standard InChI is InChI=1S/C18H14N4OS3/c1-11-21-15(8-25-11)12-3-2-4-13(7-12)22-16(23)9-26-18-17-14(5-6-24-17)19-10-20-18/h2-8,10H,9H2,1H3,(H,22,23). The lowest BCUT2D eigenvalue weighted by atomic mass is 10.1. The van der Waals surface area contributed by atoms with E-state index in [1.54, 1.807) is 22.7 Å². The number of amides is 1. The van der Waals surface area contributed by atoms with E-state index >= 15 is 0 Å². The first-order valence-electron chi connectivity index (χ1n) is 7.82. The van der Waals surface area contributed by atoms with Gasteiger partial charge in [-0.05, 0) is 30.5 Å². The fraction of sp³-hybridized carbons (Fsp3) is 0.111. The van der Waals surface area contributed by atoms with Crippen LogP contribution in [0.1, 0.15) is 5.01 Å². The maximum absolute atomic E-state index is 12.3. The molecule has 0 atom stereocenters. The van der Waals surface area contributed by atoms with Crippen molar-refractivity contribution in [1.82, 2.24) is 15.0 Å². The maximum atomic E-state index is 12.3. The minimum atomic E-state index is -0.0649. The Morgan fingerprint density at radius 3 is 3.00 bits per heavy atom. The lowest BCUT2D eigenvalue weighted by molar-refractivity contribution is -0.113. The maximum Gasteiger partial charge on any atom is 0.234 e. The minimum absolute atomic E-state index is 0.0649. The summed E-state index contributed by atoms with van der Waals surface area (Å²) in [5.74, 6) is 0.231. The summed E-state index contributed by atoms with van der Waals surface area (Å²) in [4.78, 5) is 25.3. The fourth-order valence-electron chi connectivity index (χ4n) is 2.45.